The predicted octanol–water partition coefficient (Wildman–Crippen LogP) is 5.70. The van der Waals surface area contributed by atoms with E-state index in [1.165, 1.54) is 5.56 Å². The number of rotatable bonds is 5. The van der Waals surface area contributed by atoms with Crippen LogP contribution in [0.15, 0.2) is 36.4 Å². The fourth-order valence-electron chi connectivity index (χ4n) is 1.98. The van der Waals surface area contributed by atoms with Crippen LogP contribution < -0.4 is 10.1 Å². The van der Waals surface area contributed by atoms with Crippen molar-refractivity contribution in [3.8, 4) is 5.75 Å². The lowest BCUT2D eigenvalue weighted by atomic mass is 10.1. The van der Waals surface area contributed by atoms with E-state index in [0.717, 1.165) is 11.3 Å². The summed E-state index contributed by atoms with van der Waals surface area (Å²) in [7, 11) is 0. The van der Waals surface area contributed by atoms with E-state index in [1.807, 2.05) is 32.0 Å². The minimum Gasteiger partial charge on any atom is -0.489 e. The van der Waals surface area contributed by atoms with Gasteiger partial charge < -0.3 is 10.1 Å². The van der Waals surface area contributed by atoms with E-state index in [-0.39, 0.29) is 6.10 Å². The molecule has 0 radical (unpaired) electrons. The molecule has 0 aromatic heterocycles. The molecule has 0 aliphatic rings. The number of halogens is 2. The first-order valence-electron chi connectivity index (χ1n) is 6.91. The van der Waals surface area contributed by atoms with Gasteiger partial charge in [-0.1, -0.05) is 40.9 Å². The molecule has 0 fully saturated rings. The molecule has 1 N–H and O–H groups in total. The Morgan fingerprint density at radius 1 is 1.10 bits per heavy atom. The van der Waals surface area contributed by atoms with Crippen LogP contribution in [-0.2, 0) is 6.54 Å². The summed E-state index contributed by atoms with van der Waals surface area (Å²) in [6.45, 7) is 6.62. The number of aryl methyl sites for hydroxylation is 1. The summed E-state index contributed by atoms with van der Waals surface area (Å²) >= 11 is 12.3. The lowest BCUT2D eigenvalue weighted by Gasteiger charge is -2.17. The van der Waals surface area contributed by atoms with Crippen molar-refractivity contribution in [2.45, 2.75) is 33.4 Å². The summed E-state index contributed by atoms with van der Waals surface area (Å²) in [4.78, 5) is 0. The molecule has 112 valence electrons. The number of hydrogen-bond acceptors (Lipinski definition) is 2. The van der Waals surface area contributed by atoms with E-state index in [4.69, 9.17) is 27.9 Å². The highest BCUT2D eigenvalue weighted by molar-refractivity contribution is 6.35. The molecular formula is C17H19Cl2NO. The van der Waals surface area contributed by atoms with E-state index in [2.05, 4.69) is 24.4 Å². The zero-order valence-corrected chi connectivity index (χ0v) is 13.9. The van der Waals surface area contributed by atoms with E-state index in [9.17, 15) is 0 Å². The van der Waals surface area contributed by atoms with Crippen LogP contribution in [0, 0.1) is 6.92 Å². The number of hydrogen-bond donors (Lipinski definition) is 1. The summed E-state index contributed by atoms with van der Waals surface area (Å²) in [6, 6.07) is 11.8. The van der Waals surface area contributed by atoms with Crippen LogP contribution >= 0.6 is 23.2 Å². The quantitative estimate of drug-likeness (QED) is 0.761. The average Bonchev–Trinajstić information content (AvgIpc) is 2.41. The standard InChI is InChI=1S/C17H19Cl2NO/c1-11(2)21-17-13(8-14(18)9-16(17)19)10-20-15-6-4-12(3)5-7-15/h4-9,11,20H,10H2,1-3H3. The minimum absolute atomic E-state index is 0.0572. The van der Waals surface area contributed by atoms with Crippen molar-refractivity contribution in [2.24, 2.45) is 0 Å². The maximum atomic E-state index is 6.24. The van der Waals surface area contributed by atoms with Gasteiger partial charge in [0.2, 0.25) is 0 Å². The number of nitrogens with one attached hydrogen (secondary N) is 1. The first-order valence-corrected chi connectivity index (χ1v) is 7.66. The molecule has 2 aromatic carbocycles. The van der Waals surface area contributed by atoms with Gasteiger partial charge in [0.1, 0.15) is 5.75 Å². The summed E-state index contributed by atoms with van der Waals surface area (Å²) in [5.41, 5.74) is 3.23. The van der Waals surface area contributed by atoms with Crippen LogP contribution in [0.1, 0.15) is 25.0 Å². The van der Waals surface area contributed by atoms with Crippen LogP contribution in [0.2, 0.25) is 10.0 Å². The molecule has 2 nitrogen and oxygen atoms in total. The van der Waals surface area contributed by atoms with Gasteiger partial charge in [-0.25, -0.2) is 0 Å². The van der Waals surface area contributed by atoms with Gasteiger partial charge in [0.05, 0.1) is 11.1 Å². The normalized spacial score (nSPS) is 10.8. The average molecular weight is 324 g/mol. The highest BCUT2D eigenvalue weighted by Gasteiger charge is 2.12. The van der Waals surface area contributed by atoms with Gasteiger partial charge in [0.15, 0.2) is 0 Å². The molecule has 2 aromatic rings. The Bertz CT molecular complexity index is 609. The van der Waals surface area contributed by atoms with Gasteiger partial charge in [0.25, 0.3) is 0 Å². The van der Waals surface area contributed by atoms with Crippen LogP contribution in [0.4, 0.5) is 5.69 Å². The summed E-state index contributed by atoms with van der Waals surface area (Å²) in [5.74, 6) is 0.690. The number of anilines is 1. The maximum Gasteiger partial charge on any atom is 0.143 e. The van der Waals surface area contributed by atoms with Crippen LogP contribution in [0.25, 0.3) is 0 Å². The van der Waals surface area contributed by atoms with E-state index < -0.39 is 0 Å². The fourth-order valence-corrected chi connectivity index (χ4v) is 2.56. The van der Waals surface area contributed by atoms with Crippen molar-refractivity contribution >= 4 is 28.9 Å². The monoisotopic (exact) mass is 323 g/mol. The van der Waals surface area contributed by atoms with Crippen molar-refractivity contribution < 1.29 is 4.74 Å². The number of ether oxygens (including phenoxy) is 1. The van der Waals surface area contributed by atoms with Crippen LogP contribution in [0.3, 0.4) is 0 Å². The molecular weight excluding hydrogens is 305 g/mol. The van der Waals surface area contributed by atoms with Crippen molar-refractivity contribution in [3.63, 3.8) is 0 Å². The third-order valence-corrected chi connectivity index (χ3v) is 3.47. The number of benzene rings is 2. The Hall–Kier alpha value is -1.38. The van der Waals surface area contributed by atoms with Crippen molar-refractivity contribution in [1.82, 2.24) is 0 Å². The molecule has 4 heteroatoms. The molecule has 0 saturated heterocycles. The largest absolute Gasteiger partial charge is 0.489 e. The Morgan fingerprint density at radius 2 is 1.76 bits per heavy atom. The lowest BCUT2D eigenvalue weighted by Crippen LogP contribution is -2.10. The van der Waals surface area contributed by atoms with E-state index in [1.54, 1.807) is 6.07 Å². The highest BCUT2D eigenvalue weighted by atomic mass is 35.5. The minimum atomic E-state index is 0.0572. The van der Waals surface area contributed by atoms with Gasteiger partial charge in [-0.05, 0) is 45.0 Å². The summed E-state index contributed by atoms with van der Waals surface area (Å²) in [6.07, 6.45) is 0.0572. The van der Waals surface area contributed by atoms with Crippen LogP contribution in [-0.4, -0.2) is 6.10 Å². The molecule has 0 unspecified atom stereocenters. The second-order valence-corrected chi connectivity index (χ2v) is 6.11. The Kier molecular flexibility index (Phi) is 5.38. The molecule has 2 rings (SSSR count). The summed E-state index contributed by atoms with van der Waals surface area (Å²) in [5, 5.41) is 4.51. The second-order valence-electron chi connectivity index (χ2n) is 5.26. The molecule has 0 aliphatic carbocycles. The van der Waals surface area contributed by atoms with Gasteiger partial charge in [-0.3, -0.25) is 0 Å². The van der Waals surface area contributed by atoms with Crippen molar-refractivity contribution in [2.75, 3.05) is 5.32 Å². The van der Waals surface area contributed by atoms with Crippen molar-refractivity contribution in [3.05, 3.63) is 57.6 Å². The molecule has 0 spiro atoms. The van der Waals surface area contributed by atoms with Gasteiger partial charge in [-0.2, -0.15) is 0 Å². The molecule has 0 bridgehead atoms. The first-order chi connectivity index (χ1) is 9.95. The fraction of sp³-hybridized carbons (Fsp3) is 0.294. The smallest absolute Gasteiger partial charge is 0.143 e. The molecule has 0 atom stereocenters. The maximum absolute atomic E-state index is 6.24. The van der Waals surface area contributed by atoms with Crippen molar-refractivity contribution in [1.29, 1.82) is 0 Å². The predicted molar refractivity (Wildman–Crippen MR) is 90.7 cm³/mol. The summed E-state index contributed by atoms with van der Waals surface area (Å²) < 4.78 is 5.81. The third kappa shape index (κ3) is 4.55. The Morgan fingerprint density at radius 3 is 2.38 bits per heavy atom. The molecule has 0 amide bonds. The third-order valence-electron chi connectivity index (χ3n) is 2.97. The van der Waals surface area contributed by atoms with Gasteiger partial charge in [0, 0.05) is 22.8 Å². The Balaban J connectivity index is 2.19. The van der Waals surface area contributed by atoms with Gasteiger partial charge >= 0.3 is 0 Å². The molecule has 0 heterocycles. The topological polar surface area (TPSA) is 21.3 Å². The Labute approximate surface area is 136 Å². The molecule has 0 saturated carbocycles. The van der Waals surface area contributed by atoms with E-state index >= 15 is 0 Å². The van der Waals surface area contributed by atoms with E-state index in [0.29, 0.717) is 22.3 Å². The van der Waals surface area contributed by atoms with Crippen LogP contribution in [0.5, 0.6) is 5.75 Å². The lowest BCUT2D eigenvalue weighted by molar-refractivity contribution is 0.240. The zero-order chi connectivity index (χ0) is 15.4. The highest BCUT2D eigenvalue weighted by Crippen LogP contribution is 2.33. The van der Waals surface area contributed by atoms with Gasteiger partial charge in [-0.15, -0.1) is 0 Å². The first kappa shape index (κ1) is 16.0. The molecule has 21 heavy (non-hydrogen) atoms. The second kappa shape index (κ2) is 7.06. The zero-order valence-electron chi connectivity index (χ0n) is 12.4. The SMILES string of the molecule is Cc1ccc(NCc2cc(Cl)cc(Cl)c2OC(C)C)cc1. The molecule has 0 aliphatic heterocycles.